The summed E-state index contributed by atoms with van der Waals surface area (Å²) in [4.78, 5) is 16.4. The van der Waals surface area contributed by atoms with Gasteiger partial charge in [0.15, 0.2) is 5.96 Å². The number of hydrogen-bond acceptors (Lipinski definition) is 3. The fourth-order valence-electron chi connectivity index (χ4n) is 2.75. The van der Waals surface area contributed by atoms with Crippen molar-refractivity contribution in [1.82, 2.24) is 16.0 Å². The van der Waals surface area contributed by atoms with Crippen molar-refractivity contribution in [3.05, 3.63) is 72.3 Å². The van der Waals surface area contributed by atoms with Crippen molar-refractivity contribution < 1.29 is 9.53 Å². The van der Waals surface area contributed by atoms with Gasteiger partial charge >= 0.3 is 6.03 Å². The van der Waals surface area contributed by atoms with E-state index in [1.54, 1.807) is 6.08 Å². The second kappa shape index (κ2) is 15.1. The molecule has 174 valence electrons. The number of ether oxygens (including phenoxy) is 1. The molecule has 0 saturated heterocycles. The highest BCUT2D eigenvalue weighted by Crippen LogP contribution is 2.17. The molecule has 4 N–H and O–H groups in total. The van der Waals surface area contributed by atoms with Gasteiger partial charge < -0.3 is 26.0 Å². The third-order valence-corrected chi connectivity index (χ3v) is 4.17. The van der Waals surface area contributed by atoms with Crippen molar-refractivity contribution in [1.29, 1.82) is 0 Å². The van der Waals surface area contributed by atoms with Crippen molar-refractivity contribution in [3.8, 4) is 5.75 Å². The Labute approximate surface area is 208 Å². The van der Waals surface area contributed by atoms with Gasteiger partial charge in [0.05, 0.1) is 6.54 Å². The lowest BCUT2D eigenvalue weighted by Crippen LogP contribution is -2.36. The molecule has 2 rings (SSSR count). The Morgan fingerprint density at radius 2 is 1.84 bits per heavy atom. The molecular weight excluding hydrogens is 517 g/mol. The second-order valence-corrected chi connectivity index (χ2v) is 7.21. The predicted molar refractivity (Wildman–Crippen MR) is 143 cm³/mol. The SMILES string of the molecule is C=CCOc1ccccc1CNC(=NCc1ccc(NC(=O)NC(C)C)cc1)NCC.I. The summed E-state index contributed by atoms with van der Waals surface area (Å²) in [5.74, 6) is 1.55. The van der Waals surface area contributed by atoms with Crippen LogP contribution in [-0.2, 0) is 13.1 Å². The number of urea groups is 1. The average Bonchev–Trinajstić information content (AvgIpc) is 2.75. The maximum atomic E-state index is 11.8. The number of carbonyl (C=O) groups is 1. The zero-order chi connectivity index (χ0) is 22.5. The van der Waals surface area contributed by atoms with Crippen LogP contribution >= 0.6 is 24.0 Å². The van der Waals surface area contributed by atoms with E-state index in [1.165, 1.54) is 0 Å². The number of rotatable bonds is 10. The summed E-state index contributed by atoms with van der Waals surface area (Å²) in [5, 5.41) is 12.2. The van der Waals surface area contributed by atoms with Crippen LogP contribution in [0.2, 0.25) is 0 Å². The molecule has 0 bridgehead atoms. The molecule has 0 saturated carbocycles. The predicted octanol–water partition coefficient (Wildman–Crippen LogP) is 4.65. The van der Waals surface area contributed by atoms with Gasteiger partial charge in [-0.05, 0) is 44.5 Å². The Balaban J connectivity index is 0.00000512. The summed E-state index contributed by atoms with van der Waals surface area (Å²) in [7, 11) is 0. The van der Waals surface area contributed by atoms with Crippen molar-refractivity contribution in [2.75, 3.05) is 18.5 Å². The summed E-state index contributed by atoms with van der Waals surface area (Å²) in [6.07, 6.45) is 1.73. The fraction of sp³-hybridized carbons (Fsp3) is 0.333. The number of guanidine groups is 1. The number of nitrogens with one attached hydrogen (secondary N) is 4. The van der Waals surface area contributed by atoms with Crippen molar-refractivity contribution in [3.63, 3.8) is 0 Å². The van der Waals surface area contributed by atoms with Crippen molar-refractivity contribution >= 4 is 41.7 Å². The summed E-state index contributed by atoms with van der Waals surface area (Å²) >= 11 is 0. The highest BCUT2D eigenvalue weighted by atomic mass is 127. The molecule has 0 aromatic heterocycles. The van der Waals surface area contributed by atoms with Gasteiger partial charge in [-0.1, -0.05) is 43.0 Å². The number of aliphatic imine (C=N–C) groups is 1. The number of halogens is 1. The Morgan fingerprint density at radius 3 is 2.50 bits per heavy atom. The lowest BCUT2D eigenvalue weighted by atomic mass is 10.2. The molecule has 0 radical (unpaired) electrons. The maximum Gasteiger partial charge on any atom is 0.319 e. The van der Waals surface area contributed by atoms with Gasteiger partial charge in [-0.3, -0.25) is 0 Å². The first-order valence-corrected chi connectivity index (χ1v) is 10.5. The number of para-hydroxylation sites is 1. The molecule has 2 aromatic rings. The first kappa shape index (κ1) is 27.3. The highest BCUT2D eigenvalue weighted by Gasteiger charge is 2.05. The minimum Gasteiger partial charge on any atom is -0.489 e. The van der Waals surface area contributed by atoms with Crippen LogP contribution in [0.25, 0.3) is 0 Å². The molecule has 8 heteroatoms. The zero-order valence-corrected chi connectivity index (χ0v) is 21.3. The van der Waals surface area contributed by atoms with Crippen LogP contribution < -0.4 is 26.0 Å². The molecule has 0 aliphatic carbocycles. The minimum absolute atomic E-state index is 0. The van der Waals surface area contributed by atoms with Gasteiger partial charge in [0.2, 0.25) is 0 Å². The summed E-state index contributed by atoms with van der Waals surface area (Å²) < 4.78 is 5.71. The average molecular weight is 551 g/mol. The number of amides is 2. The van der Waals surface area contributed by atoms with Crippen LogP contribution in [-0.4, -0.2) is 31.2 Å². The van der Waals surface area contributed by atoms with Crippen LogP contribution in [0.3, 0.4) is 0 Å². The smallest absolute Gasteiger partial charge is 0.319 e. The van der Waals surface area contributed by atoms with Gasteiger partial charge in [-0.15, -0.1) is 24.0 Å². The molecule has 0 aliphatic heterocycles. The standard InChI is InChI=1S/C24H33N5O2.HI/c1-5-15-31-22-10-8-7-9-20(22)17-27-23(25-6-2)26-16-19-11-13-21(14-12-19)29-24(30)28-18(3)4;/h5,7-14,18H,1,6,15-17H2,2-4H3,(H2,25,26,27)(H2,28,29,30);1H. The number of anilines is 1. The number of hydrogen-bond donors (Lipinski definition) is 4. The molecular formula is C24H34IN5O2. The van der Waals surface area contributed by atoms with E-state index in [2.05, 4.69) is 32.8 Å². The Hall–Kier alpha value is -2.75. The first-order chi connectivity index (χ1) is 15.0. The van der Waals surface area contributed by atoms with Gasteiger partial charge in [0.1, 0.15) is 12.4 Å². The molecule has 2 amide bonds. The summed E-state index contributed by atoms with van der Waals surface area (Å²) in [6.45, 7) is 11.9. The number of nitrogens with zero attached hydrogens (tertiary/aromatic N) is 1. The van der Waals surface area contributed by atoms with Gasteiger partial charge in [0.25, 0.3) is 0 Å². The molecule has 0 fully saturated rings. The molecule has 32 heavy (non-hydrogen) atoms. The summed E-state index contributed by atoms with van der Waals surface area (Å²) in [6, 6.07) is 15.4. The second-order valence-electron chi connectivity index (χ2n) is 7.21. The largest absolute Gasteiger partial charge is 0.489 e. The lowest BCUT2D eigenvalue weighted by molar-refractivity contribution is 0.250. The van der Waals surface area contributed by atoms with E-state index in [1.807, 2.05) is 69.3 Å². The monoisotopic (exact) mass is 551 g/mol. The van der Waals surface area contributed by atoms with E-state index in [-0.39, 0.29) is 36.0 Å². The van der Waals surface area contributed by atoms with Crippen LogP contribution in [0, 0.1) is 0 Å². The molecule has 0 unspecified atom stereocenters. The van der Waals surface area contributed by atoms with Crippen LogP contribution in [0.1, 0.15) is 31.9 Å². The molecule has 0 heterocycles. The molecule has 0 atom stereocenters. The van der Waals surface area contributed by atoms with E-state index < -0.39 is 0 Å². The molecule has 7 nitrogen and oxygen atoms in total. The van der Waals surface area contributed by atoms with Gasteiger partial charge in [-0.2, -0.15) is 0 Å². The van der Waals surface area contributed by atoms with E-state index in [0.29, 0.717) is 19.7 Å². The first-order valence-electron chi connectivity index (χ1n) is 10.5. The Bertz CT molecular complexity index is 869. The minimum atomic E-state index is -0.211. The molecule has 0 aliphatic rings. The lowest BCUT2D eigenvalue weighted by Gasteiger charge is -2.14. The third-order valence-electron chi connectivity index (χ3n) is 4.17. The number of benzene rings is 2. The van der Waals surface area contributed by atoms with Gasteiger partial charge in [-0.25, -0.2) is 9.79 Å². The van der Waals surface area contributed by atoms with E-state index in [9.17, 15) is 4.79 Å². The Kier molecular flexibility index (Phi) is 12.9. The van der Waals surface area contributed by atoms with E-state index >= 15 is 0 Å². The zero-order valence-electron chi connectivity index (χ0n) is 19.0. The van der Waals surface area contributed by atoms with Crippen LogP contribution in [0.5, 0.6) is 5.75 Å². The van der Waals surface area contributed by atoms with Crippen molar-refractivity contribution in [2.45, 2.75) is 39.9 Å². The third kappa shape index (κ3) is 10.0. The topological polar surface area (TPSA) is 86.8 Å². The summed E-state index contributed by atoms with van der Waals surface area (Å²) in [5.41, 5.74) is 2.83. The van der Waals surface area contributed by atoms with Gasteiger partial charge in [0, 0.05) is 30.4 Å². The van der Waals surface area contributed by atoms with E-state index in [4.69, 9.17) is 4.74 Å². The number of carbonyl (C=O) groups excluding carboxylic acids is 1. The highest BCUT2D eigenvalue weighted by molar-refractivity contribution is 14.0. The normalized spacial score (nSPS) is 10.7. The maximum absolute atomic E-state index is 11.8. The Morgan fingerprint density at radius 1 is 1.12 bits per heavy atom. The fourth-order valence-corrected chi connectivity index (χ4v) is 2.75. The van der Waals surface area contributed by atoms with Crippen LogP contribution in [0.15, 0.2) is 66.2 Å². The van der Waals surface area contributed by atoms with Crippen molar-refractivity contribution in [2.24, 2.45) is 4.99 Å². The molecule has 0 spiro atoms. The van der Waals surface area contributed by atoms with Crippen LogP contribution in [0.4, 0.5) is 10.5 Å². The quantitative estimate of drug-likeness (QED) is 0.150. The molecule has 2 aromatic carbocycles. The van der Waals surface area contributed by atoms with E-state index in [0.717, 1.165) is 35.1 Å².